The van der Waals surface area contributed by atoms with Gasteiger partial charge in [-0.05, 0) is 126 Å². The standard InChI is InChI=1S/C27H29ClN6O2.C6H5BrClN.C6H7BrN2/c1-16-5-8-23(28)24(31-16)15-34-25-12-19(6-7-22(25)27(36)32(34)4)21-13-29-26(30-14-21)20-9-10-33(18(3)35)17(2)11-20;2*1-4-2-3-5(8)6(7)9-4/h5-8,12-14,17,20H,9-11,15H2,1-4H3;2-3H,1H3;2-3H,8H2,1H3/t17-,20?;;/m1../s1. The molecule has 2 atom stereocenters. The highest BCUT2D eigenvalue weighted by Crippen LogP contribution is 2.31. The zero-order valence-electron chi connectivity index (χ0n) is 30.8. The lowest BCUT2D eigenvalue weighted by molar-refractivity contribution is -0.132. The monoisotopic (exact) mass is 895 g/mol. The van der Waals surface area contributed by atoms with Crippen molar-refractivity contribution in [3.63, 3.8) is 0 Å². The molecule has 6 aromatic rings. The Labute approximate surface area is 341 Å². The summed E-state index contributed by atoms with van der Waals surface area (Å²) in [6.45, 7) is 10.6. The molecule has 0 aliphatic carbocycles. The molecular formula is C39H41Br2Cl2N9O2. The topological polar surface area (TPSA) is 138 Å². The lowest BCUT2D eigenvalue weighted by Crippen LogP contribution is -2.43. The van der Waals surface area contributed by atoms with Crippen LogP contribution >= 0.6 is 55.1 Å². The lowest BCUT2D eigenvalue weighted by atomic mass is 9.90. The summed E-state index contributed by atoms with van der Waals surface area (Å²) in [5.74, 6) is 1.16. The summed E-state index contributed by atoms with van der Waals surface area (Å²) in [6.07, 6.45) is 5.41. The number of rotatable bonds is 4. The number of hydrogen-bond acceptors (Lipinski definition) is 8. The Morgan fingerprint density at radius 1 is 0.870 bits per heavy atom. The molecular weight excluding hydrogens is 857 g/mol. The molecule has 1 fully saturated rings. The Balaban J connectivity index is 0.000000253. The summed E-state index contributed by atoms with van der Waals surface area (Å²) in [4.78, 5) is 48.7. The van der Waals surface area contributed by atoms with Crippen LogP contribution in [0.2, 0.25) is 10.0 Å². The van der Waals surface area contributed by atoms with E-state index in [4.69, 9.17) is 28.9 Å². The van der Waals surface area contributed by atoms with Crippen LogP contribution in [0.1, 0.15) is 61.2 Å². The van der Waals surface area contributed by atoms with Crippen LogP contribution < -0.4 is 11.3 Å². The first-order valence-corrected chi connectivity index (χ1v) is 19.6. The number of piperidine rings is 1. The summed E-state index contributed by atoms with van der Waals surface area (Å²) in [6, 6.07) is 17.0. The molecule has 0 spiro atoms. The molecule has 15 heteroatoms. The largest absolute Gasteiger partial charge is 0.397 e. The molecule has 54 heavy (non-hydrogen) atoms. The van der Waals surface area contributed by atoms with Crippen molar-refractivity contribution in [2.45, 2.75) is 66.0 Å². The number of fused-ring (bicyclic) bond motifs is 1. The fourth-order valence-corrected chi connectivity index (χ4v) is 7.30. The Kier molecular flexibility index (Phi) is 13.6. The first-order chi connectivity index (χ1) is 25.6. The van der Waals surface area contributed by atoms with Crippen LogP contribution in [-0.2, 0) is 18.4 Å². The first-order valence-electron chi connectivity index (χ1n) is 17.2. The van der Waals surface area contributed by atoms with E-state index in [1.54, 1.807) is 18.7 Å². The van der Waals surface area contributed by atoms with Crippen molar-refractivity contribution in [1.82, 2.24) is 39.2 Å². The molecule has 1 amide bonds. The summed E-state index contributed by atoms with van der Waals surface area (Å²) < 4.78 is 4.93. The van der Waals surface area contributed by atoms with Crippen molar-refractivity contribution in [2.24, 2.45) is 7.05 Å². The highest BCUT2D eigenvalue weighted by atomic mass is 79.9. The molecule has 0 bridgehead atoms. The number of carbonyl (C=O) groups is 1. The number of nitrogen functional groups attached to an aromatic ring is 1. The van der Waals surface area contributed by atoms with E-state index in [2.05, 4.69) is 63.7 Å². The van der Waals surface area contributed by atoms with Gasteiger partial charge in [0, 0.05) is 67.5 Å². The maximum Gasteiger partial charge on any atom is 0.274 e. The van der Waals surface area contributed by atoms with E-state index in [1.807, 2.05) is 97.3 Å². The fourth-order valence-electron chi connectivity index (χ4n) is 6.20. The third-order valence-corrected chi connectivity index (χ3v) is 11.2. The van der Waals surface area contributed by atoms with Gasteiger partial charge in [0.2, 0.25) is 5.91 Å². The minimum Gasteiger partial charge on any atom is -0.397 e. The van der Waals surface area contributed by atoms with Crippen molar-refractivity contribution in [2.75, 3.05) is 12.3 Å². The van der Waals surface area contributed by atoms with Gasteiger partial charge in [0.15, 0.2) is 0 Å². The molecule has 282 valence electrons. The van der Waals surface area contributed by atoms with Crippen LogP contribution in [0.25, 0.3) is 22.0 Å². The van der Waals surface area contributed by atoms with Gasteiger partial charge in [0.25, 0.3) is 5.56 Å². The third-order valence-electron chi connectivity index (χ3n) is 9.13. The highest BCUT2D eigenvalue weighted by Gasteiger charge is 2.29. The maximum absolute atomic E-state index is 12.9. The lowest BCUT2D eigenvalue weighted by Gasteiger charge is -2.36. The number of aromatic nitrogens is 7. The van der Waals surface area contributed by atoms with Gasteiger partial charge < -0.3 is 10.6 Å². The summed E-state index contributed by atoms with van der Waals surface area (Å²) >= 11 is 18.5. The van der Waals surface area contributed by atoms with Crippen molar-refractivity contribution in [1.29, 1.82) is 0 Å². The SMILES string of the molecule is CC(=O)N1CCC(c2ncc(-c3ccc4c(=O)n(C)n(Cc5nc(C)ccc5Cl)c4c3)cn2)C[C@H]1C.Cc1ccc(Cl)c(Br)n1.Cc1ccc(N)c(Br)n1. The molecule has 0 saturated carbocycles. The van der Waals surface area contributed by atoms with Gasteiger partial charge in [0.05, 0.1) is 38.9 Å². The van der Waals surface area contributed by atoms with E-state index in [-0.39, 0.29) is 23.4 Å². The van der Waals surface area contributed by atoms with E-state index in [1.165, 1.54) is 0 Å². The van der Waals surface area contributed by atoms with Crippen LogP contribution in [-0.4, -0.2) is 57.7 Å². The van der Waals surface area contributed by atoms with E-state index >= 15 is 0 Å². The molecule has 1 aliphatic heterocycles. The Morgan fingerprint density at radius 2 is 1.48 bits per heavy atom. The van der Waals surface area contributed by atoms with Crippen molar-refractivity contribution in [3.05, 3.63) is 125 Å². The van der Waals surface area contributed by atoms with Crippen LogP contribution in [0.3, 0.4) is 0 Å². The molecule has 7 rings (SSSR count). The Bertz CT molecular complexity index is 2300. The van der Waals surface area contributed by atoms with E-state index in [9.17, 15) is 9.59 Å². The molecule has 2 N–H and O–H groups in total. The van der Waals surface area contributed by atoms with Gasteiger partial charge in [-0.25, -0.2) is 19.9 Å². The van der Waals surface area contributed by atoms with Gasteiger partial charge >= 0.3 is 0 Å². The number of nitrogens with zero attached hydrogens (tertiary/aromatic N) is 8. The van der Waals surface area contributed by atoms with Crippen LogP contribution in [0.4, 0.5) is 5.69 Å². The number of pyridine rings is 3. The normalized spacial score (nSPS) is 15.3. The van der Waals surface area contributed by atoms with Gasteiger partial charge in [-0.1, -0.05) is 29.3 Å². The second-order valence-corrected chi connectivity index (χ2v) is 15.5. The predicted molar refractivity (Wildman–Crippen MR) is 223 cm³/mol. The van der Waals surface area contributed by atoms with Gasteiger partial charge in [-0.3, -0.25) is 23.9 Å². The number of hydrogen-bond donors (Lipinski definition) is 1. The van der Waals surface area contributed by atoms with E-state index in [0.717, 1.165) is 63.5 Å². The second kappa shape index (κ2) is 18.0. The first kappa shape index (κ1) is 41.0. The third kappa shape index (κ3) is 9.92. The molecule has 1 aromatic carbocycles. The second-order valence-electron chi connectivity index (χ2n) is 13.2. The summed E-state index contributed by atoms with van der Waals surface area (Å²) in [5.41, 5.74) is 12.2. The minimum absolute atomic E-state index is 0.0713. The fraction of sp³-hybridized carbons (Fsp3) is 0.308. The van der Waals surface area contributed by atoms with Crippen LogP contribution in [0, 0.1) is 20.8 Å². The number of amides is 1. The van der Waals surface area contributed by atoms with Gasteiger partial charge in [-0.2, -0.15) is 0 Å². The van der Waals surface area contributed by atoms with Crippen molar-refractivity contribution in [3.8, 4) is 11.1 Å². The summed E-state index contributed by atoms with van der Waals surface area (Å²) in [5, 5.41) is 1.85. The highest BCUT2D eigenvalue weighted by molar-refractivity contribution is 9.10. The molecule has 5 aromatic heterocycles. The Morgan fingerprint density at radius 3 is 2.06 bits per heavy atom. The number of anilines is 1. The smallest absolute Gasteiger partial charge is 0.274 e. The predicted octanol–water partition coefficient (Wildman–Crippen LogP) is 8.86. The molecule has 11 nitrogen and oxygen atoms in total. The molecule has 1 saturated heterocycles. The quantitative estimate of drug-likeness (QED) is 0.173. The number of aryl methyl sites for hydroxylation is 3. The zero-order valence-corrected chi connectivity index (χ0v) is 35.5. The molecule has 0 radical (unpaired) electrons. The molecule has 6 heterocycles. The zero-order chi connectivity index (χ0) is 39.3. The number of halogens is 4. The number of benzene rings is 1. The summed E-state index contributed by atoms with van der Waals surface area (Å²) in [7, 11) is 1.75. The minimum atomic E-state index is -0.0713. The van der Waals surface area contributed by atoms with Gasteiger partial charge in [0.1, 0.15) is 15.0 Å². The van der Waals surface area contributed by atoms with Crippen molar-refractivity contribution < 1.29 is 4.79 Å². The van der Waals surface area contributed by atoms with Crippen molar-refractivity contribution >= 4 is 77.6 Å². The van der Waals surface area contributed by atoms with Crippen LogP contribution in [0.15, 0.2) is 81.0 Å². The number of nitrogens with two attached hydrogens (primary N) is 1. The number of likely N-dealkylation sites (tertiary alicyclic amines) is 1. The maximum atomic E-state index is 12.9. The molecule has 1 unspecified atom stereocenters. The van der Waals surface area contributed by atoms with E-state index in [0.29, 0.717) is 38.0 Å². The average Bonchev–Trinajstić information content (AvgIpc) is 3.37. The average molecular weight is 899 g/mol. The van der Waals surface area contributed by atoms with Crippen LogP contribution in [0.5, 0.6) is 0 Å². The number of carbonyl (C=O) groups excluding carboxylic acids is 1. The Hall–Kier alpha value is -4.17. The van der Waals surface area contributed by atoms with E-state index < -0.39 is 0 Å². The van der Waals surface area contributed by atoms with Gasteiger partial charge in [-0.15, -0.1) is 0 Å². The molecule has 1 aliphatic rings.